The fourth-order valence-electron chi connectivity index (χ4n) is 4.78. The van der Waals surface area contributed by atoms with Crippen molar-refractivity contribution in [1.82, 2.24) is 19.5 Å². The molecule has 0 radical (unpaired) electrons. The van der Waals surface area contributed by atoms with Crippen LogP contribution in [-0.2, 0) is 17.9 Å². The van der Waals surface area contributed by atoms with E-state index < -0.39 is 5.82 Å². The summed E-state index contributed by atoms with van der Waals surface area (Å²) in [5.74, 6) is 0.0733. The molecule has 0 bridgehead atoms. The molecular formula is C25H26ClFN4O3. The SMILES string of the molecule is CCC(=O)CC1CC(Oc2cc(F)ccc2C(=O)N2Cc3nn4c(C)c(Cl)c(C)nc4c3C2)C1. The lowest BCUT2D eigenvalue weighted by Crippen LogP contribution is -2.35. The van der Waals surface area contributed by atoms with Crippen LogP contribution in [0.1, 0.15) is 65.6 Å². The predicted octanol–water partition coefficient (Wildman–Crippen LogP) is 4.82. The highest BCUT2D eigenvalue weighted by Crippen LogP contribution is 2.36. The highest BCUT2D eigenvalue weighted by molar-refractivity contribution is 6.31. The van der Waals surface area contributed by atoms with Gasteiger partial charge in [0.15, 0.2) is 5.65 Å². The van der Waals surface area contributed by atoms with E-state index in [0.717, 1.165) is 29.8 Å². The molecule has 9 heteroatoms. The lowest BCUT2D eigenvalue weighted by atomic mass is 9.78. The second kappa shape index (κ2) is 8.65. The molecule has 0 atom stereocenters. The molecule has 1 aliphatic heterocycles. The number of aromatic nitrogens is 3. The third kappa shape index (κ3) is 3.94. The van der Waals surface area contributed by atoms with Crippen LogP contribution in [-0.4, -0.2) is 37.3 Å². The maximum Gasteiger partial charge on any atom is 0.258 e. The van der Waals surface area contributed by atoms with Crippen LogP contribution in [0.5, 0.6) is 5.75 Å². The van der Waals surface area contributed by atoms with Gasteiger partial charge in [-0.25, -0.2) is 13.9 Å². The fraction of sp³-hybridized carbons (Fsp3) is 0.440. The van der Waals surface area contributed by atoms with Crippen LogP contribution in [0.2, 0.25) is 5.02 Å². The van der Waals surface area contributed by atoms with Crippen LogP contribution >= 0.6 is 11.6 Å². The molecule has 0 unspecified atom stereocenters. The summed E-state index contributed by atoms with van der Waals surface area (Å²) in [6.45, 7) is 6.28. The third-order valence-electron chi connectivity index (χ3n) is 6.81. The predicted molar refractivity (Wildman–Crippen MR) is 125 cm³/mol. The van der Waals surface area contributed by atoms with Gasteiger partial charge < -0.3 is 9.64 Å². The van der Waals surface area contributed by atoms with Gasteiger partial charge in [-0.15, -0.1) is 0 Å². The Balaban J connectivity index is 1.33. The molecule has 3 heterocycles. The number of amides is 1. The van der Waals surface area contributed by atoms with Crippen LogP contribution < -0.4 is 4.74 Å². The number of ketones is 1. The van der Waals surface area contributed by atoms with E-state index in [1.54, 1.807) is 9.42 Å². The van der Waals surface area contributed by atoms with Crippen LogP contribution in [0, 0.1) is 25.6 Å². The highest BCUT2D eigenvalue weighted by atomic mass is 35.5. The van der Waals surface area contributed by atoms with E-state index in [0.29, 0.717) is 53.8 Å². The first-order valence-corrected chi connectivity index (χ1v) is 11.9. The average molecular weight is 485 g/mol. The second-order valence-electron chi connectivity index (χ2n) is 9.23. The first-order valence-electron chi connectivity index (χ1n) is 11.6. The largest absolute Gasteiger partial charge is 0.489 e. The number of hydrogen-bond donors (Lipinski definition) is 0. The number of ether oxygens (including phenoxy) is 1. The van der Waals surface area contributed by atoms with E-state index >= 15 is 0 Å². The molecule has 34 heavy (non-hydrogen) atoms. The molecule has 1 saturated carbocycles. The summed E-state index contributed by atoms with van der Waals surface area (Å²) in [4.78, 5) is 31.3. The first kappa shape index (κ1) is 22.8. The van der Waals surface area contributed by atoms with Gasteiger partial charge in [0.25, 0.3) is 5.91 Å². The Bertz CT molecular complexity index is 1320. The van der Waals surface area contributed by atoms with Gasteiger partial charge in [-0.05, 0) is 44.7 Å². The van der Waals surface area contributed by atoms with E-state index in [1.165, 1.54) is 18.2 Å². The summed E-state index contributed by atoms with van der Waals surface area (Å²) in [5, 5.41) is 5.20. The molecule has 0 N–H and O–H groups in total. The number of halogens is 2. The van der Waals surface area contributed by atoms with Crippen LogP contribution in [0.4, 0.5) is 4.39 Å². The number of aryl methyl sites for hydroxylation is 2. The number of nitrogens with zero attached hydrogens (tertiary/aromatic N) is 4. The Labute approximate surface area is 201 Å². The molecule has 0 spiro atoms. The van der Waals surface area contributed by atoms with E-state index in [4.69, 9.17) is 16.3 Å². The van der Waals surface area contributed by atoms with Crippen LogP contribution in [0.3, 0.4) is 0 Å². The van der Waals surface area contributed by atoms with Crippen molar-refractivity contribution in [2.24, 2.45) is 5.92 Å². The Morgan fingerprint density at radius 2 is 2.00 bits per heavy atom. The number of hydrogen-bond acceptors (Lipinski definition) is 5. The molecule has 1 aliphatic carbocycles. The molecule has 1 aromatic carbocycles. The van der Waals surface area contributed by atoms with E-state index in [2.05, 4.69) is 10.1 Å². The lowest BCUT2D eigenvalue weighted by molar-refractivity contribution is -0.121. The minimum Gasteiger partial charge on any atom is -0.489 e. The average Bonchev–Trinajstić information content (AvgIpc) is 3.34. The zero-order chi connectivity index (χ0) is 24.1. The van der Waals surface area contributed by atoms with E-state index in [9.17, 15) is 14.0 Å². The molecule has 2 aromatic heterocycles. The fourth-order valence-corrected chi connectivity index (χ4v) is 4.90. The van der Waals surface area contributed by atoms with Gasteiger partial charge in [-0.3, -0.25) is 9.59 Å². The van der Waals surface area contributed by atoms with Crippen molar-refractivity contribution < 1.29 is 18.7 Å². The normalized spacial score (nSPS) is 19.3. The zero-order valence-corrected chi connectivity index (χ0v) is 20.2. The monoisotopic (exact) mass is 484 g/mol. The molecule has 1 fully saturated rings. The lowest BCUT2D eigenvalue weighted by Gasteiger charge is -2.35. The number of rotatable bonds is 6. The van der Waals surface area contributed by atoms with Crippen LogP contribution in [0.25, 0.3) is 5.65 Å². The summed E-state index contributed by atoms with van der Waals surface area (Å²) in [7, 11) is 0. The van der Waals surface area contributed by atoms with E-state index in [1.807, 2.05) is 20.8 Å². The van der Waals surface area contributed by atoms with Crippen molar-refractivity contribution in [3.05, 3.63) is 57.2 Å². The van der Waals surface area contributed by atoms with Gasteiger partial charge in [-0.1, -0.05) is 18.5 Å². The van der Waals surface area contributed by atoms with Crippen molar-refractivity contribution in [1.29, 1.82) is 0 Å². The van der Waals surface area contributed by atoms with Crippen molar-refractivity contribution in [3.63, 3.8) is 0 Å². The Morgan fingerprint density at radius 1 is 1.24 bits per heavy atom. The van der Waals surface area contributed by atoms with Gasteiger partial charge in [0, 0.05) is 24.5 Å². The maximum atomic E-state index is 14.0. The molecule has 3 aromatic rings. The minimum atomic E-state index is -0.460. The number of carbonyl (C=O) groups excluding carboxylic acids is 2. The van der Waals surface area contributed by atoms with Crippen molar-refractivity contribution in [3.8, 4) is 5.75 Å². The molecule has 7 nitrogen and oxygen atoms in total. The highest BCUT2D eigenvalue weighted by Gasteiger charge is 2.35. The number of carbonyl (C=O) groups is 2. The summed E-state index contributed by atoms with van der Waals surface area (Å²) < 4.78 is 21.8. The van der Waals surface area contributed by atoms with Gasteiger partial charge in [0.05, 0.1) is 46.9 Å². The summed E-state index contributed by atoms with van der Waals surface area (Å²) >= 11 is 6.32. The molecular weight excluding hydrogens is 459 g/mol. The minimum absolute atomic E-state index is 0.122. The van der Waals surface area contributed by atoms with E-state index in [-0.39, 0.29) is 23.5 Å². The molecule has 5 rings (SSSR count). The second-order valence-corrected chi connectivity index (χ2v) is 9.61. The topological polar surface area (TPSA) is 76.8 Å². The maximum absolute atomic E-state index is 14.0. The van der Waals surface area contributed by atoms with Gasteiger partial charge in [0.1, 0.15) is 17.3 Å². The van der Waals surface area contributed by atoms with Gasteiger partial charge >= 0.3 is 0 Å². The molecule has 0 saturated heterocycles. The number of Topliss-reactive ketones (excluding diaryl/α,β-unsaturated/α-hetero) is 1. The standard InChI is InChI=1S/C25H26ClFN4O3/c1-4-17(32)7-15-8-18(9-15)34-22-10-16(27)5-6-19(22)25(33)30-11-20-21(12-30)29-31-14(3)23(26)13(2)28-24(20)31/h5-6,10,15,18H,4,7-9,11-12H2,1-3H3. The third-order valence-corrected chi connectivity index (χ3v) is 7.36. The van der Waals surface area contributed by atoms with Gasteiger partial charge in [0.2, 0.25) is 0 Å². The Morgan fingerprint density at radius 3 is 2.74 bits per heavy atom. The first-order chi connectivity index (χ1) is 16.2. The molecule has 2 aliphatic rings. The molecule has 1 amide bonds. The van der Waals surface area contributed by atoms with Crippen molar-refractivity contribution in [2.45, 2.75) is 65.6 Å². The zero-order valence-electron chi connectivity index (χ0n) is 19.4. The molecule has 178 valence electrons. The summed E-state index contributed by atoms with van der Waals surface area (Å²) in [6, 6.07) is 4.01. The number of benzene rings is 1. The Kier molecular flexibility index (Phi) is 5.80. The van der Waals surface area contributed by atoms with Gasteiger partial charge in [-0.2, -0.15) is 5.10 Å². The summed E-state index contributed by atoms with van der Waals surface area (Å²) in [5.41, 5.74) is 4.21. The Hall–Kier alpha value is -3.00. The van der Waals surface area contributed by atoms with Crippen molar-refractivity contribution >= 4 is 28.9 Å². The van der Waals surface area contributed by atoms with Crippen LogP contribution in [0.15, 0.2) is 18.2 Å². The summed E-state index contributed by atoms with van der Waals surface area (Å²) in [6.07, 6.45) is 2.43. The quantitative estimate of drug-likeness (QED) is 0.501. The number of fused-ring (bicyclic) bond motifs is 3. The smallest absolute Gasteiger partial charge is 0.258 e. The van der Waals surface area contributed by atoms with Crippen molar-refractivity contribution in [2.75, 3.05) is 0 Å².